The van der Waals surface area contributed by atoms with Crippen molar-refractivity contribution >= 4 is 30.2 Å². The summed E-state index contributed by atoms with van der Waals surface area (Å²) in [4.78, 5) is 0. The van der Waals surface area contributed by atoms with Crippen LogP contribution in [0.5, 0.6) is 5.75 Å². The number of hydrogen-bond acceptors (Lipinski definition) is 1. The van der Waals surface area contributed by atoms with Crippen molar-refractivity contribution in [2.75, 3.05) is 7.11 Å². The van der Waals surface area contributed by atoms with E-state index in [1.165, 1.54) is 22.3 Å². The van der Waals surface area contributed by atoms with E-state index in [2.05, 4.69) is 42.8 Å². The first-order valence-electron chi connectivity index (χ1n) is 7.57. The fourth-order valence-corrected chi connectivity index (χ4v) is 3.28. The van der Waals surface area contributed by atoms with E-state index in [0.717, 1.165) is 21.9 Å². The summed E-state index contributed by atoms with van der Waals surface area (Å²) in [6.07, 6.45) is 2.20. The van der Waals surface area contributed by atoms with Crippen LogP contribution in [0, 0.1) is 6.42 Å². The van der Waals surface area contributed by atoms with Crippen molar-refractivity contribution < 1.29 is 21.8 Å². The Kier molecular flexibility index (Phi) is 6.49. The molecule has 0 bridgehead atoms. The first-order chi connectivity index (χ1) is 12.2. The van der Waals surface area contributed by atoms with Gasteiger partial charge >= 0.3 is 35.6 Å². The van der Waals surface area contributed by atoms with Crippen LogP contribution in [0.3, 0.4) is 0 Å². The van der Waals surface area contributed by atoms with E-state index < -0.39 is 17.0 Å². The summed E-state index contributed by atoms with van der Waals surface area (Å²) < 4.78 is 5.58. The van der Waals surface area contributed by atoms with Crippen LogP contribution in [0.4, 0.5) is 0 Å². The van der Waals surface area contributed by atoms with Gasteiger partial charge in [0.05, 0.1) is 7.11 Å². The maximum atomic E-state index is 6.15. The van der Waals surface area contributed by atoms with Gasteiger partial charge in [0.1, 0.15) is 5.75 Å². The molecule has 1 nitrogen and oxygen atoms in total. The predicted octanol–water partition coefficient (Wildman–Crippen LogP) is 6.97. The van der Waals surface area contributed by atoms with E-state index in [0.29, 0.717) is 0 Å². The Hall–Kier alpha value is -0.956. The third-order valence-electron chi connectivity index (χ3n) is 4.09. The van der Waals surface area contributed by atoms with Crippen molar-refractivity contribution in [3.63, 3.8) is 0 Å². The van der Waals surface area contributed by atoms with Gasteiger partial charge in [-0.3, -0.25) is 0 Å². The third kappa shape index (κ3) is 3.92. The molecule has 1 aliphatic carbocycles. The Balaban J connectivity index is 0.000000569. The quantitative estimate of drug-likeness (QED) is 0.316. The van der Waals surface area contributed by atoms with E-state index in [-0.39, 0.29) is 0 Å². The molecule has 0 atom stereocenters. The SMILES string of the molecule is COc1ccc(-c2ccccc2)c2c1-c1ccc(Cl)cc1[CH]2.[Cl][Ti][Cl]. The van der Waals surface area contributed by atoms with Gasteiger partial charge in [-0.05, 0) is 46.0 Å². The molecule has 3 aromatic rings. The van der Waals surface area contributed by atoms with Gasteiger partial charge < -0.3 is 4.74 Å². The summed E-state index contributed by atoms with van der Waals surface area (Å²) in [7, 11) is 11.5. The maximum absolute atomic E-state index is 6.15. The van der Waals surface area contributed by atoms with E-state index in [9.17, 15) is 0 Å². The van der Waals surface area contributed by atoms with Gasteiger partial charge in [0.15, 0.2) is 0 Å². The summed E-state index contributed by atoms with van der Waals surface area (Å²) >= 11 is 5.59. The number of methoxy groups -OCH3 is 1. The number of rotatable bonds is 2. The number of halogens is 3. The molecule has 0 fully saturated rings. The Morgan fingerprint density at radius 2 is 1.56 bits per heavy atom. The summed E-state index contributed by atoms with van der Waals surface area (Å²) in [5.74, 6) is 0.895. The molecule has 125 valence electrons. The molecular formula is C20H14Cl3OTi. The van der Waals surface area contributed by atoms with Crippen LogP contribution in [0.15, 0.2) is 60.7 Å². The van der Waals surface area contributed by atoms with Crippen LogP contribution in [0.2, 0.25) is 5.02 Å². The van der Waals surface area contributed by atoms with Gasteiger partial charge in [0.25, 0.3) is 0 Å². The summed E-state index contributed by atoms with van der Waals surface area (Å²) in [6.45, 7) is 0. The molecule has 0 heterocycles. The summed E-state index contributed by atoms with van der Waals surface area (Å²) in [6, 6.07) is 20.6. The fraction of sp³-hybridized carbons (Fsp3) is 0.0500. The van der Waals surface area contributed by atoms with Crippen LogP contribution in [-0.4, -0.2) is 7.11 Å². The van der Waals surface area contributed by atoms with E-state index in [1.807, 2.05) is 24.3 Å². The Bertz CT molecular complexity index is 882. The molecule has 0 aromatic heterocycles. The number of ether oxygens (including phenoxy) is 1. The molecule has 0 amide bonds. The zero-order chi connectivity index (χ0) is 17.8. The molecule has 1 radical (unpaired) electrons. The minimum absolute atomic E-state index is 0.556. The van der Waals surface area contributed by atoms with Crippen molar-refractivity contribution in [2.45, 2.75) is 0 Å². The van der Waals surface area contributed by atoms with Crippen LogP contribution in [0.1, 0.15) is 11.1 Å². The van der Waals surface area contributed by atoms with Crippen molar-refractivity contribution in [3.05, 3.63) is 83.2 Å². The topological polar surface area (TPSA) is 9.23 Å². The first-order valence-corrected chi connectivity index (χ1v) is 12.2. The van der Waals surface area contributed by atoms with Crippen LogP contribution in [0.25, 0.3) is 22.3 Å². The average molecular weight is 425 g/mol. The van der Waals surface area contributed by atoms with Crippen molar-refractivity contribution in [3.8, 4) is 28.0 Å². The Morgan fingerprint density at radius 1 is 0.880 bits per heavy atom. The molecule has 0 unspecified atom stereocenters. The number of benzene rings is 3. The zero-order valence-corrected chi connectivity index (χ0v) is 17.2. The van der Waals surface area contributed by atoms with Crippen LogP contribution >= 0.6 is 30.2 Å². The molecule has 0 N–H and O–H groups in total. The molecule has 1 aliphatic rings. The molecule has 3 aromatic carbocycles. The fourth-order valence-electron chi connectivity index (χ4n) is 3.10. The number of hydrogen-bond donors (Lipinski definition) is 0. The van der Waals surface area contributed by atoms with E-state index in [1.54, 1.807) is 7.11 Å². The normalized spacial score (nSPS) is 11.0. The second-order valence-electron chi connectivity index (χ2n) is 5.42. The first kappa shape index (κ1) is 18.8. The predicted molar refractivity (Wildman–Crippen MR) is 103 cm³/mol. The standard InChI is InChI=1S/C20H14ClO.2ClH.Ti/c1-22-19-10-9-16(13-5-3-2-4-6-13)18-12-14-11-15(21)7-8-17(14)20(18)19;;;/h2-12H,1H3;2*1H;/q;;;+2/p-2. The monoisotopic (exact) mass is 423 g/mol. The summed E-state index contributed by atoms with van der Waals surface area (Å²) in [5, 5.41) is 0.753. The van der Waals surface area contributed by atoms with Crippen molar-refractivity contribution in [1.82, 2.24) is 0 Å². The van der Waals surface area contributed by atoms with Crippen LogP contribution < -0.4 is 4.74 Å². The minimum atomic E-state index is -0.556. The molecule has 25 heavy (non-hydrogen) atoms. The van der Waals surface area contributed by atoms with Gasteiger partial charge in [-0.2, -0.15) is 0 Å². The van der Waals surface area contributed by atoms with E-state index >= 15 is 0 Å². The van der Waals surface area contributed by atoms with Gasteiger partial charge in [-0.25, -0.2) is 0 Å². The van der Waals surface area contributed by atoms with E-state index in [4.69, 9.17) is 34.9 Å². The van der Waals surface area contributed by atoms with Crippen molar-refractivity contribution in [1.29, 1.82) is 0 Å². The summed E-state index contributed by atoms with van der Waals surface area (Å²) in [5.41, 5.74) is 7.08. The Labute approximate surface area is 169 Å². The second-order valence-corrected chi connectivity index (χ2v) is 8.43. The molecule has 0 saturated heterocycles. The third-order valence-corrected chi connectivity index (χ3v) is 4.33. The number of fused-ring (bicyclic) bond motifs is 3. The van der Waals surface area contributed by atoms with Gasteiger partial charge in [-0.1, -0.05) is 54.1 Å². The molecular weight excluding hydrogens is 410 g/mol. The zero-order valence-electron chi connectivity index (χ0n) is 13.4. The molecule has 5 heteroatoms. The average Bonchev–Trinajstić information content (AvgIpc) is 3.00. The van der Waals surface area contributed by atoms with Gasteiger partial charge in [0, 0.05) is 17.0 Å². The second kappa shape index (κ2) is 8.62. The van der Waals surface area contributed by atoms with Gasteiger partial charge in [-0.15, -0.1) is 0 Å². The molecule has 0 spiro atoms. The molecule has 0 saturated carbocycles. The molecule has 0 aliphatic heterocycles. The molecule has 4 rings (SSSR count). The van der Waals surface area contributed by atoms with Gasteiger partial charge in [0.2, 0.25) is 0 Å². The van der Waals surface area contributed by atoms with Crippen molar-refractivity contribution in [2.24, 2.45) is 0 Å². The van der Waals surface area contributed by atoms with Crippen LogP contribution in [-0.2, 0) is 17.0 Å². The Morgan fingerprint density at radius 3 is 2.24 bits per heavy atom.